The van der Waals surface area contributed by atoms with Gasteiger partial charge in [-0.25, -0.2) is 9.38 Å². The summed E-state index contributed by atoms with van der Waals surface area (Å²) in [4.78, 5) is 3.83. The largest absolute Gasteiger partial charge is 0.390 e. The number of halogens is 1. The fraction of sp³-hybridized carbons (Fsp3) is 0.235. The molecule has 0 unspecified atom stereocenters. The van der Waals surface area contributed by atoms with Gasteiger partial charge in [0.2, 0.25) is 0 Å². The van der Waals surface area contributed by atoms with Crippen molar-refractivity contribution in [1.82, 2.24) is 0 Å². The summed E-state index contributed by atoms with van der Waals surface area (Å²) < 4.78 is 14.4. The number of hydrogen-bond acceptors (Lipinski definition) is 4. The van der Waals surface area contributed by atoms with E-state index in [1.807, 2.05) is 12.1 Å². The number of anilines is 1. The number of nitriles is 1. The van der Waals surface area contributed by atoms with Crippen molar-refractivity contribution in [2.75, 3.05) is 5.32 Å². The van der Waals surface area contributed by atoms with Crippen molar-refractivity contribution in [2.24, 2.45) is 10.7 Å². The van der Waals surface area contributed by atoms with Crippen LogP contribution in [0.5, 0.6) is 0 Å². The standard InChI is InChI=1S/C17H18FN5/c1-11(15(21)9-19)8-14(18)17(22-10-20)23-16-7-3-5-12-4-2-6-13(12)16/h3,5,7-8,10,21,23H,2,4,6H2,1H3,(H2,20,22)/b11-8+,17-14-,21-15?. The van der Waals surface area contributed by atoms with Gasteiger partial charge in [-0.3, -0.25) is 5.41 Å². The van der Waals surface area contributed by atoms with Gasteiger partial charge in [0.1, 0.15) is 11.8 Å². The first-order chi connectivity index (χ1) is 11.1. The van der Waals surface area contributed by atoms with Gasteiger partial charge in [-0.2, -0.15) is 5.26 Å². The van der Waals surface area contributed by atoms with E-state index in [0.717, 1.165) is 42.9 Å². The minimum Gasteiger partial charge on any atom is -0.390 e. The maximum absolute atomic E-state index is 14.4. The number of allylic oxidation sites excluding steroid dienone is 3. The highest BCUT2D eigenvalue weighted by Gasteiger charge is 2.15. The molecule has 0 radical (unpaired) electrons. The normalized spacial score (nSPS) is 15.1. The number of rotatable bonds is 5. The van der Waals surface area contributed by atoms with Gasteiger partial charge >= 0.3 is 0 Å². The van der Waals surface area contributed by atoms with Crippen LogP contribution < -0.4 is 11.1 Å². The molecule has 2 rings (SSSR count). The van der Waals surface area contributed by atoms with Gasteiger partial charge in [0.25, 0.3) is 0 Å². The van der Waals surface area contributed by atoms with Crippen molar-refractivity contribution >= 4 is 17.7 Å². The van der Waals surface area contributed by atoms with Gasteiger partial charge in [0, 0.05) is 5.69 Å². The lowest BCUT2D eigenvalue weighted by atomic mass is 10.1. The Labute approximate surface area is 134 Å². The average molecular weight is 311 g/mol. The maximum Gasteiger partial charge on any atom is 0.168 e. The Morgan fingerprint density at radius 2 is 2.26 bits per heavy atom. The van der Waals surface area contributed by atoms with Crippen LogP contribution in [0, 0.1) is 16.7 Å². The monoisotopic (exact) mass is 311 g/mol. The van der Waals surface area contributed by atoms with Crippen LogP contribution in [0.25, 0.3) is 0 Å². The van der Waals surface area contributed by atoms with Gasteiger partial charge in [-0.1, -0.05) is 12.1 Å². The molecule has 118 valence electrons. The van der Waals surface area contributed by atoms with Crippen LogP contribution in [0.4, 0.5) is 10.1 Å². The summed E-state index contributed by atoms with van der Waals surface area (Å²) in [6, 6.07) is 7.52. The quantitative estimate of drug-likeness (QED) is 0.442. The van der Waals surface area contributed by atoms with E-state index in [9.17, 15) is 4.39 Å². The predicted molar refractivity (Wildman–Crippen MR) is 90.0 cm³/mol. The fourth-order valence-corrected chi connectivity index (χ4v) is 2.51. The summed E-state index contributed by atoms with van der Waals surface area (Å²) in [5.74, 6) is -0.724. The second kappa shape index (κ2) is 7.36. The summed E-state index contributed by atoms with van der Waals surface area (Å²) >= 11 is 0. The second-order valence-electron chi connectivity index (χ2n) is 5.21. The zero-order valence-corrected chi connectivity index (χ0v) is 12.9. The van der Waals surface area contributed by atoms with E-state index in [4.69, 9.17) is 16.4 Å². The highest BCUT2D eigenvalue weighted by atomic mass is 19.1. The van der Waals surface area contributed by atoms with Crippen molar-refractivity contribution in [3.8, 4) is 6.07 Å². The molecule has 23 heavy (non-hydrogen) atoms. The Morgan fingerprint density at radius 1 is 1.48 bits per heavy atom. The van der Waals surface area contributed by atoms with Crippen LogP contribution in [0.2, 0.25) is 0 Å². The third kappa shape index (κ3) is 3.83. The highest BCUT2D eigenvalue weighted by Crippen LogP contribution is 2.30. The Hall–Kier alpha value is -2.94. The first-order valence-electron chi connectivity index (χ1n) is 7.26. The molecule has 0 aliphatic heterocycles. The molecule has 0 atom stereocenters. The Morgan fingerprint density at radius 3 is 2.96 bits per heavy atom. The lowest BCUT2D eigenvalue weighted by Crippen LogP contribution is -2.05. The molecule has 1 aliphatic carbocycles. The van der Waals surface area contributed by atoms with Crippen LogP contribution in [0.1, 0.15) is 24.5 Å². The number of nitrogens with two attached hydrogens (primary N) is 1. The molecule has 0 aromatic heterocycles. The van der Waals surface area contributed by atoms with Gasteiger partial charge in [0.05, 0.1) is 6.34 Å². The number of benzene rings is 1. The van der Waals surface area contributed by atoms with Crippen LogP contribution in [0.3, 0.4) is 0 Å². The molecule has 0 saturated carbocycles. The molecule has 0 amide bonds. The predicted octanol–water partition coefficient (Wildman–Crippen LogP) is 3.20. The van der Waals surface area contributed by atoms with E-state index in [1.165, 1.54) is 12.5 Å². The maximum atomic E-state index is 14.4. The zero-order valence-electron chi connectivity index (χ0n) is 12.9. The average Bonchev–Trinajstić information content (AvgIpc) is 3.03. The molecular formula is C17H18FN5. The van der Waals surface area contributed by atoms with Crippen molar-refractivity contribution < 1.29 is 4.39 Å². The zero-order chi connectivity index (χ0) is 16.8. The number of aliphatic imine (C=N–C) groups is 1. The molecule has 6 heteroatoms. The summed E-state index contributed by atoms with van der Waals surface area (Å²) in [6.07, 6.45) is 5.14. The van der Waals surface area contributed by atoms with Gasteiger partial charge in [-0.05, 0) is 55.0 Å². The minimum atomic E-state index is -0.681. The molecule has 0 heterocycles. The van der Waals surface area contributed by atoms with Crippen molar-refractivity contribution in [3.63, 3.8) is 0 Å². The van der Waals surface area contributed by atoms with Crippen molar-refractivity contribution in [3.05, 3.63) is 52.6 Å². The molecule has 0 bridgehead atoms. The van der Waals surface area contributed by atoms with Crippen LogP contribution >= 0.6 is 0 Å². The molecule has 0 saturated heterocycles. The number of nitrogens with one attached hydrogen (secondary N) is 2. The molecule has 1 aliphatic rings. The molecule has 0 fully saturated rings. The number of aryl methyl sites for hydroxylation is 1. The summed E-state index contributed by atoms with van der Waals surface area (Å²) in [6.45, 7) is 1.50. The number of nitrogens with zero attached hydrogens (tertiary/aromatic N) is 2. The second-order valence-corrected chi connectivity index (χ2v) is 5.21. The van der Waals surface area contributed by atoms with E-state index in [0.29, 0.717) is 0 Å². The van der Waals surface area contributed by atoms with Crippen LogP contribution in [-0.2, 0) is 12.8 Å². The van der Waals surface area contributed by atoms with E-state index in [-0.39, 0.29) is 17.1 Å². The molecule has 4 N–H and O–H groups in total. The Balaban J connectivity index is 2.36. The smallest absolute Gasteiger partial charge is 0.168 e. The van der Waals surface area contributed by atoms with Gasteiger partial charge in [0.15, 0.2) is 11.6 Å². The summed E-state index contributed by atoms with van der Waals surface area (Å²) in [5.41, 5.74) is 8.45. The summed E-state index contributed by atoms with van der Waals surface area (Å²) in [7, 11) is 0. The SMILES string of the molecule is C\C(=C/C(F)=C(\N=C\N)Nc1cccc2c1CCC2)C(=N)C#N. The third-order valence-electron chi connectivity index (χ3n) is 3.68. The summed E-state index contributed by atoms with van der Waals surface area (Å²) in [5, 5.41) is 19.1. The minimum absolute atomic E-state index is 0.0436. The highest BCUT2D eigenvalue weighted by molar-refractivity contribution is 6.08. The van der Waals surface area contributed by atoms with Crippen molar-refractivity contribution in [1.29, 1.82) is 10.7 Å². The Bertz CT molecular complexity index is 753. The number of hydrogen-bond donors (Lipinski definition) is 3. The third-order valence-corrected chi connectivity index (χ3v) is 3.68. The molecule has 1 aromatic carbocycles. The lowest BCUT2D eigenvalue weighted by Gasteiger charge is -2.12. The van der Waals surface area contributed by atoms with Crippen molar-refractivity contribution in [2.45, 2.75) is 26.2 Å². The van der Waals surface area contributed by atoms with Crippen LogP contribution in [-0.4, -0.2) is 12.1 Å². The molecule has 1 aromatic rings. The fourth-order valence-electron chi connectivity index (χ4n) is 2.51. The number of fused-ring (bicyclic) bond motifs is 1. The molecular weight excluding hydrogens is 293 g/mol. The van der Waals surface area contributed by atoms with E-state index >= 15 is 0 Å². The Kier molecular flexibility index (Phi) is 5.26. The molecule has 5 nitrogen and oxygen atoms in total. The first kappa shape index (κ1) is 16.4. The molecule has 0 spiro atoms. The van der Waals surface area contributed by atoms with Crippen LogP contribution in [0.15, 0.2) is 46.5 Å². The van der Waals surface area contributed by atoms with E-state index in [2.05, 4.69) is 16.4 Å². The van der Waals surface area contributed by atoms with E-state index < -0.39 is 5.83 Å². The van der Waals surface area contributed by atoms with E-state index in [1.54, 1.807) is 6.07 Å². The first-order valence-corrected chi connectivity index (χ1v) is 7.26. The lowest BCUT2D eigenvalue weighted by molar-refractivity contribution is 0.652. The topological polar surface area (TPSA) is 98.0 Å². The van der Waals surface area contributed by atoms with Gasteiger partial charge in [-0.15, -0.1) is 0 Å². The van der Waals surface area contributed by atoms with Gasteiger partial charge < -0.3 is 11.1 Å².